The molecule has 0 bridgehead atoms. The molecule has 0 spiro atoms. The van der Waals surface area contributed by atoms with Crippen molar-refractivity contribution in [3.8, 4) is 11.5 Å². The number of benzene rings is 1. The van der Waals surface area contributed by atoms with Crippen molar-refractivity contribution in [3.63, 3.8) is 0 Å². The van der Waals surface area contributed by atoms with Crippen LogP contribution in [0.25, 0.3) is 0 Å². The molecule has 0 aliphatic rings. The van der Waals surface area contributed by atoms with E-state index in [9.17, 15) is 9.59 Å². The van der Waals surface area contributed by atoms with Crippen LogP contribution in [-0.4, -0.2) is 41.0 Å². The first kappa shape index (κ1) is 21.4. The molecule has 9 nitrogen and oxygen atoms in total. The summed E-state index contributed by atoms with van der Waals surface area (Å²) in [5.74, 6) is -0.0327. The number of nitrogens with one attached hydrogen (secondary N) is 1. The summed E-state index contributed by atoms with van der Waals surface area (Å²) in [6.45, 7) is 5.79. The van der Waals surface area contributed by atoms with Crippen LogP contribution < -0.4 is 20.6 Å². The van der Waals surface area contributed by atoms with Crippen LogP contribution in [0.3, 0.4) is 0 Å². The van der Waals surface area contributed by atoms with Gasteiger partial charge < -0.3 is 15.2 Å². The average molecular weight is 452 g/mol. The maximum absolute atomic E-state index is 12.1. The van der Waals surface area contributed by atoms with E-state index >= 15 is 0 Å². The number of halogens is 1. The number of nitrogens with two attached hydrogens (primary N) is 1. The molecule has 0 aliphatic carbocycles. The van der Waals surface area contributed by atoms with Gasteiger partial charge in [-0.25, -0.2) is 5.43 Å². The van der Waals surface area contributed by atoms with Crippen LogP contribution in [0, 0.1) is 13.8 Å². The summed E-state index contributed by atoms with van der Waals surface area (Å²) in [6, 6.07) is 5.05. The molecule has 0 atom stereocenters. The lowest BCUT2D eigenvalue weighted by molar-refractivity contribution is -0.122. The molecule has 1 aromatic heterocycles. The van der Waals surface area contributed by atoms with Crippen LogP contribution in [0.2, 0.25) is 0 Å². The number of primary amides is 1. The van der Waals surface area contributed by atoms with Gasteiger partial charge in [-0.3, -0.25) is 14.3 Å². The zero-order valence-electron chi connectivity index (χ0n) is 15.9. The highest BCUT2D eigenvalue weighted by molar-refractivity contribution is 9.10. The van der Waals surface area contributed by atoms with Gasteiger partial charge in [0.05, 0.1) is 28.7 Å². The fourth-order valence-corrected chi connectivity index (χ4v) is 2.60. The second kappa shape index (κ2) is 9.88. The normalized spacial score (nSPS) is 10.9. The Bertz CT molecular complexity index is 894. The molecule has 150 valence electrons. The number of hydrogen-bond donors (Lipinski definition) is 2. The third-order valence-corrected chi connectivity index (χ3v) is 4.77. The van der Waals surface area contributed by atoms with Crippen LogP contribution in [0.15, 0.2) is 27.8 Å². The standard InChI is InChI=1S/C18H22BrN5O4/c1-4-27-15-7-13(5-6-14(15)28-10-16(20)25)8-21-22-17(26)9-24-12(3)18(19)11(2)23-24/h5-8H,4,9-10H2,1-3H3,(H2,20,25)(H,22,26)/b21-8+. The number of hydrogen-bond acceptors (Lipinski definition) is 6. The van der Waals surface area contributed by atoms with Crippen molar-refractivity contribution in [3.05, 3.63) is 39.6 Å². The number of carbonyl (C=O) groups is 2. The average Bonchev–Trinajstić information content (AvgIpc) is 2.88. The van der Waals surface area contributed by atoms with E-state index in [0.717, 1.165) is 15.9 Å². The van der Waals surface area contributed by atoms with Crippen LogP contribution in [0.4, 0.5) is 0 Å². The van der Waals surface area contributed by atoms with Crippen LogP contribution in [-0.2, 0) is 16.1 Å². The molecule has 1 heterocycles. The van der Waals surface area contributed by atoms with Gasteiger partial charge in [0, 0.05) is 0 Å². The number of amides is 2. The molecular formula is C18H22BrN5O4. The van der Waals surface area contributed by atoms with Crippen molar-refractivity contribution < 1.29 is 19.1 Å². The first-order valence-corrected chi connectivity index (χ1v) is 9.30. The summed E-state index contributed by atoms with van der Waals surface area (Å²) in [4.78, 5) is 22.9. The Labute approximate surface area is 171 Å². The summed E-state index contributed by atoms with van der Waals surface area (Å²) in [5, 5.41) is 8.24. The van der Waals surface area contributed by atoms with E-state index in [4.69, 9.17) is 15.2 Å². The lowest BCUT2D eigenvalue weighted by Crippen LogP contribution is -2.24. The molecule has 2 aromatic rings. The third kappa shape index (κ3) is 5.81. The molecule has 0 fully saturated rings. The lowest BCUT2D eigenvalue weighted by atomic mass is 10.2. The molecule has 0 radical (unpaired) electrons. The van der Waals surface area contributed by atoms with Crippen LogP contribution in [0.5, 0.6) is 11.5 Å². The zero-order chi connectivity index (χ0) is 20.7. The summed E-state index contributed by atoms with van der Waals surface area (Å²) < 4.78 is 13.3. The molecule has 0 saturated carbocycles. The number of carbonyl (C=O) groups excluding carboxylic acids is 2. The van der Waals surface area contributed by atoms with E-state index in [1.807, 2.05) is 20.8 Å². The van der Waals surface area contributed by atoms with Crippen molar-refractivity contribution >= 4 is 34.0 Å². The minimum atomic E-state index is -0.578. The summed E-state index contributed by atoms with van der Waals surface area (Å²) in [5.41, 5.74) is 9.92. The maximum Gasteiger partial charge on any atom is 0.261 e. The van der Waals surface area contributed by atoms with Gasteiger partial charge in [-0.05, 0) is 60.5 Å². The lowest BCUT2D eigenvalue weighted by Gasteiger charge is -2.11. The van der Waals surface area contributed by atoms with E-state index in [-0.39, 0.29) is 19.1 Å². The highest BCUT2D eigenvalue weighted by Gasteiger charge is 2.11. The highest BCUT2D eigenvalue weighted by atomic mass is 79.9. The van der Waals surface area contributed by atoms with E-state index in [0.29, 0.717) is 23.7 Å². The summed E-state index contributed by atoms with van der Waals surface area (Å²) in [6.07, 6.45) is 1.48. The van der Waals surface area contributed by atoms with Gasteiger partial charge in [0.25, 0.3) is 11.8 Å². The second-order valence-electron chi connectivity index (χ2n) is 5.83. The number of rotatable bonds is 9. The van der Waals surface area contributed by atoms with Crippen LogP contribution >= 0.6 is 15.9 Å². The monoisotopic (exact) mass is 451 g/mol. The number of ether oxygens (including phenoxy) is 2. The molecule has 0 unspecified atom stereocenters. The largest absolute Gasteiger partial charge is 0.490 e. The van der Waals surface area contributed by atoms with Crippen molar-refractivity contribution in [2.45, 2.75) is 27.3 Å². The van der Waals surface area contributed by atoms with Crippen molar-refractivity contribution in [1.82, 2.24) is 15.2 Å². The topological polar surface area (TPSA) is 121 Å². The number of aromatic nitrogens is 2. The number of aryl methyl sites for hydroxylation is 1. The molecule has 1 aromatic carbocycles. The van der Waals surface area contributed by atoms with Crippen molar-refractivity contribution in [2.24, 2.45) is 10.8 Å². The van der Waals surface area contributed by atoms with Crippen molar-refractivity contribution in [1.29, 1.82) is 0 Å². The smallest absolute Gasteiger partial charge is 0.261 e. The zero-order valence-corrected chi connectivity index (χ0v) is 17.4. The molecular weight excluding hydrogens is 430 g/mol. The molecule has 0 aliphatic heterocycles. The Kier molecular flexibility index (Phi) is 7.56. The molecule has 0 saturated heterocycles. The van der Waals surface area contributed by atoms with E-state index in [1.54, 1.807) is 22.9 Å². The van der Waals surface area contributed by atoms with Crippen LogP contribution in [0.1, 0.15) is 23.9 Å². The molecule has 28 heavy (non-hydrogen) atoms. The van der Waals surface area contributed by atoms with E-state index in [1.165, 1.54) is 6.21 Å². The highest BCUT2D eigenvalue weighted by Crippen LogP contribution is 2.28. The predicted octanol–water partition coefficient (Wildman–Crippen LogP) is 1.68. The first-order valence-electron chi connectivity index (χ1n) is 8.51. The van der Waals surface area contributed by atoms with Gasteiger partial charge in [-0.15, -0.1) is 0 Å². The van der Waals surface area contributed by atoms with Gasteiger partial charge >= 0.3 is 0 Å². The maximum atomic E-state index is 12.1. The van der Waals surface area contributed by atoms with Gasteiger partial charge in [0.1, 0.15) is 6.54 Å². The van der Waals surface area contributed by atoms with Gasteiger partial charge in [-0.1, -0.05) is 0 Å². The molecule has 3 N–H and O–H groups in total. The van der Waals surface area contributed by atoms with E-state index in [2.05, 4.69) is 31.6 Å². The minimum Gasteiger partial charge on any atom is -0.490 e. The number of nitrogens with zero attached hydrogens (tertiary/aromatic N) is 3. The fraction of sp³-hybridized carbons (Fsp3) is 0.333. The third-order valence-electron chi connectivity index (χ3n) is 3.63. The van der Waals surface area contributed by atoms with Gasteiger partial charge in [-0.2, -0.15) is 10.2 Å². The number of hydrazone groups is 1. The first-order chi connectivity index (χ1) is 13.3. The van der Waals surface area contributed by atoms with Crippen molar-refractivity contribution in [2.75, 3.05) is 13.2 Å². The minimum absolute atomic E-state index is 0.0553. The summed E-state index contributed by atoms with van der Waals surface area (Å²) >= 11 is 3.42. The Morgan fingerprint density at radius 3 is 2.68 bits per heavy atom. The van der Waals surface area contributed by atoms with Gasteiger partial charge in [0.15, 0.2) is 18.1 Å². The second-order valence-corrected chi connectivity index (χ2v) is 6.62. The Balaban J connectivity index is 2.00. The summed E-state index contributed by atoms with van der Waals surface area (Å²) in [7, 11) is 0. The predicted molar refractivity (Wildman–Crippen MR) is 107 cm³/mol. The molecule has 2 amide bonds. The fourth-order valence-electron chi connectivity index (χ4n) is 2.32. The Morgan fingerprint density at radius 2 is 2.07 bits per heavy atom. The van der Waals surface area contributed by atoms with E-state index < -0.39 is 5.91 Å². The van der Waals surface area contributed by atoms with Gasteiger partial charge in [0.2, 0.25) is 0 Å². The Morgan fingerprint density at radius 1 is 1.32 bits per heavy atom. The molecule has 10 heteroatoms. The quantitative estimate of drug-likeness (QED) is 0.443. The Hall–Kier alpha value is -2.88. The SMILES string of the molecule is CCOc1cc(/C=N/NC(=O)Cn2nc(C)c(Br)c2C)ccc1OCC(N)=O. The molecule has 2 rings (SSSR count).